The molecule has 0 fully saturated rings. The van der Waals surface area contributed by atoms with E-state index < -0.39 is 20.7 Å². The molecule has 0 radical (unpaired) electrons. The molecule has 1 heterocycles. The fourth-order valence-corrected chi connectivity index (χ4v) is 1.93. The lowest BCUT2D eigenvalue weighted by atomic mass is 10.3. The highest BCUT2D eigenvalue weighted by atomic mass is 35.7. The van der Waals surface area contributed by atoms with Crippen LogP contribution >= 0.6 is 10.7 Å². The first-order valence-corrected chi connectivity index (χ1v) is 7.21. The summed E-state index contributed by atoms with van der Waals surface area (Å²) in [6.45, 7) is 0. The third kappa shape index (κ3) is 3.18. The van der Waals surface area contributed by atoms with Gasteiger partial charge in [0.25, 0.3) is 9.05 Å². The summed E-state index contributed by atoms with van der Waals surface area (Å²) < 4.78 is 53.2. The standard InChI is InChI=1S/C11H6ClF2NO3S/c12-19(16,17)7-4-5-10(15-6-7)18-9-3-1-2-8(13)11(9)14/h1-6H. The Kier molecular flexibility index (Phi) is 3.68. The zero-order valence-corrected chi connectivity index (χ0v) is 10.8. The van der Waals surface area contributed by atoms with Crippen LogP contribution in [0.15, 0.2) is 41.4 Å². The van der Waals surface area contributed by atoms with E-state index in [0.29, 0.717) is 0 Å². The van der Waals surface area contributed by atoms with Crippen molar-refractivity contribution in [3.63, 3.8) is 0 Å². The van der Waals surface area contributed by atoms with E-state index in [1.54, 1.807) is 0 Å². The molecule has 0 aliphatic rings. The second-order valence-corrected chi connectivity index (χ2v) is 5.99. The fourth-order valence-electron chi connectivity index (χ4n) is 1.25. The van der Waals surface area contributed by atoms with E-state index in [4.69, 9.17) is 15.4 Å². The van der Waals surface area contributed by atoms with Crippen LogP contribution in [0.5, 0.6) is 11.6 Å². The Labute approximate surface area is 112 Å². The predicted octanol–water partition coefficient (Wildman–Crippen LogP) is 3.08. The Balaban J connectivity index is 2.27. The number of benzene rings is 1. The molecule has 0 saturated heterocycles. The molecule has 0 atom stereocenters. The Morgan fingerprint density at radius 1 is 1.16 bits per heavy atom. The number of ether oxygens (including phenoxy) is 1. The number of hydrogen-bond donors (Lipinski definition) is 0. The van der Waals surface area contributed by atoms with E-state index in [1.165, 1.54) is 18.2 Å². The molecule has 0 aliphatic carbocycles. The molecular weight excluding hydrogens is 300 g/mol. The van der Waals surface area contributed by atoms with Crippen LogP contribution in [0, 0.1) is 11.6 Å². The molecule has 0 amide bonds. The van der Waals surface area contributed by atoms with E-state index >= 15 is 0 Å². The minimum absolute atomic E-state index is 0.0893. The van der Waals surface area contributed by atoms with Crippen LogP contribution in [-0.2, 0) is 9.05 Å². The van der Waals surface area contributed by atoms with Crippen molar-refractivity contribution in [2.75, 3.05) is 0 Å². The zero-order valence-electron chi connectivity index (χ0n) is 9.18. The molecule has 0 saturated carbocycles. The SMILES string of the molecule is O=S(=O)(Cl)c1ccc(Oc2cccc(F)c2F)nc1. The second-order valence-electron chi connectivity index (χ2n) is 3.42. The molecule has 2 aromatic rings. The molecule has 19 heavy (non-hydrogen) atoms. The maximum atomic E-state index is 13.3. The first-order chi connectivity index (χ1) is 8.88. The lowest BCUT2D eigenvalue weighted by Gasteiger charge is -2.06. The normalized spacial score (nSPS) is 11.3. The van der Waals surface area contributed by atoms with Crippen LogP contribution in [0.1, 0.15) is 0 Å². The quantitative estimate of drug-likeness (QED) is 0.818. The first-order valence-electron chi connectivity index (χ1n) is 4.90. The van der Waals surface area contributed by atoms with Crippen LogP contribution in [0.4, 0.5) is 8.78 Å². The van der Waals surface area contributed by atoms with Crippen molar-refractivity contribution in [1.29, 1.82) is 0 Å². The summed E-state index contributed by atoms with van der Waals surface area (Å²) in [6.07, 6.45) is 0.953. The van der Waals surface area contributed by atoms with Crippen molar-refractivity contribution in [2.45, 2.75) is 4.90 Å². The van der Waals surface area contributed by atoms with Gasteiger partial charge in [0.05, 0.1) is 6.20 Å². The van der Waals surface area contributed by atoms with Crippen molar-refractivity contribution >= 4 is 19.7 Å². The Morgan fingerprint density at radius 2 is 1.89 bits per heavy atom. The topological polar surface area (TPSA) is 56.3 Å². The lowest BCUT2D eigenvalue weighted by Crippen LogP contribution is -1.95. The summed E-state index contributed by atoms with van der Waals surface area (Å²) in [5.74, 6) is -2.65. The van der Waals surface area contributed by atoms with Gasteiger partial charge < -0.3 is 4.74 Å². The average Bonchev–Trinajstić information content (AvgIpc) is 2.35. The third-order valence-corrected chi connectivity index (χ3v) is 3.46. The Morgan fingerprint density at radius 3 is 2.47 bits per heavy atom. The van der Waals surface area contributed by atoms with Gasteiger partial charge in [-0.3, -0.25) is 0 Å². The van der Waals surface area contributed by atoms with Gasteiger partial charge in [-0.25, -0.2) is 17.8 Å². The van der Waals surface area contributed by atoms with Crippen LogP contribution in [0.3, 0.4) is 0 Å². The molecule has 8 heteroatoms. The second kappa shape index (κ2) is 5.10. The summed E-state index contributed by atoms with van der Waals surface area (Å²) in [6, 6.07) is 5.75. The summed E-state index contributed by atoms with van der Waals surface area (Å²) in [4.78, 5) is 3.42. The van der Waals surface area contributed by atoms with E-state index in [9.17, 15) is 17.2 Å². The van der Waals surface area contributed by atoms with Gasteiger partial charge in [-0.2, -0.15) is 4.39 Å². The largest absolute Gasteiger partial charge is 0.436 e. The maximum absolute atomic E-state index is 13.3. The van der Waals surface area contributed by atoms with Crippen LogP contribution in [0.2, 0.25) is 0 Å². The average molecular weight is 306 g/mol. The molecule has 0 N–H and O–H groups in total. The van der Waals surface area contributed by atoms with E-state index in [0.717, 1.165) is 18.3 Å². The molecule has 0 bridgehead atoms. The smallest absolute Gasteiger partial charge is 0.262 e. The highest BCUT2D eigenvalue weighted by Gasteiger charge is 2.13. The number of hydrogen-bond acceptors (Lipinski definition) is 4. The minimum atomic E-state index is -3.89. The number of aromatic nitrogens is 1. The van der Waals surface area contributed by atoms with Crippen molar-refractivity contribution in [3.05, 3.63) is 48.2 Å². The van der Waals surface area contributed by atoms with Gasteiger partial charge in [0, 0.05) is 16.7 Å². The molecule has 0 aliphatic heterocycles. The zero-order chi connectivity index (χ0) is 14.0. The van der Waals surface area contributed by atoms with Gasteiger partial charge in [0.2, 0.25) is 11.7 Å². The van der Waals surface area contributed by atoms with Crippen LogP contribution in [0.25, 0.3) is 0 Å². The molecule has 100 valence electrons. The number of rotatable bonds is 3. The van der Waals surface area contributed by atoms with E-state index in [-0.39, 0.29) is 16.5 Å². The first kappa shape index (κ1) is 13.7. The van der Waals surface area contributed by atoms with Crippen molar-refractivity contribution < 1.29 is 21.9 Å². The molecule has 1 aromatic heterocycles. The van der Waals surface area contributed by atoms with Gasteiger partial charge in [0.1, 0.15) is 4.90 Å². The number of pyridine rings is 1. The van der Waals surface area contributed by atoms with Gasteiger partial charge in [-0.05, 0) is 18.2 Å². The van der Waals surface area contributed by atoms with Crippen LogP contribution < -0.4 is 4.74 Å². The van der Waals surface area contributed by atoms with E-state index in [1.807, 2.05) is 0 Å². The molecule has 2 rings (SSSR count). The molecule has 1 aromatic carbocycles. The summed E-state index contributed by atoms with van der Waals surface area (Å²) >= 11 is 0. The van der Waals surface area contributed by atoms with Gasteiger partial charge in [0.15, 0.2) is 11.6 Å². The molecule has 0 unspecified atom stereocenters. The van der Waals surface area contributed by atoms with Gasteiger partial charge in [-0.15, -0.1) is 0 Å². The third-order valence-electron chi connectivity index (χ3n) is 2.12. The maximum Gasteiger partial charge on any atom is 0.262 e. The summed E-state index contributed by atoms with van der Waals surface area (Å²) in [7, 11) is 1.21. The monoisotopic (exact) mass is 305 g/mol. The van der Waals surface area contributed by atoms with Crippen molar-refractivity contribution in [1.82, 2.24) is 4.98 Å². The predicted molar refractivity (Wildman–Crippen MR) is 63.7 cm³/mol. The Hall–Kier alpha value is -1.73. The highest BCUT2D eigenvalue weighted by molar-refractivity contribution is 8.13. The molecular formula is C11H6ClF2NO3S. The fraction of sp³-hybridized carbons (Fsp3) is 0. The highest BCUT2D eigenvalue weighted by Crippen LogP contribution is 2.25. The lowest BCUT2D eigenvalue weighted by molar-refractivity contribution is 0.405. The summed E-state index contributed by atoms with van der Waals surface area (Å²) in [5.41, 5.74) is 0. The summed E-state index contributed by atoms with van der Waals surface area (Å²) in [5, 5.41) is 0. The van der Waals surface area contributed by atoms with Gasteiger partial charge >= 0.3 is 0 Å². The van der Waals surface area contributed by atoms with Crippen LogP contribution in [-0.4, -0.2) is 13.4 Å². The molecule has 4 nitrogen and oxygen atoms in total. The number of halogens is 3. The molecule has 0 spiro atoms. The number of nitrogens with zero attached hydrogens (tertiary/aromatic N) is 1. The Bertz CT molecular complexity index is 704. The van der Waals surface area contributed by atoms with Gasteiger partial charge in [-0.1, -0.05) is 6.07 Å². The van der Waals surface area contributed by atoms with Crippen molar-refractivity contribution in [2.24, 2.45) is 0 Å². The minimum Gasteiger partial charge on any atom is -0.436 e. The van der Waals surface area contributed by atoms with Crippen molar-refractivity contribution in [3.8, 4) is 11.6 Å². The van der Waals surface area contributed by atoms with E-state index in [2.05, 4.69) is 4.98 Å².